The summed E-state index contributed by atoms with van der Waals surface area (Å²) in [7, 11) is 1.72. The van der Waals surface area contributed by atoms with Crippen molar-refractivity contribution in [2.45, 2.75) is 33.8 Å². The number of primary amides is 1. The van der Waals surface area contributed by atoms with Crippen molar-refractivity contribution in [1.29, 1.82) is 0 Å². The highest BCUT2D eigenvalue weighted by Crippen LogP contribution is 2.43. The summed E-state index contributed by atoms with van der Waals surface area (Å²) >= 11 is 0.824. The standard InChI is InChI=1S/C28H25F2N5O4S/c1-13-5-6-16(9-14(13)2)38-12-17-7-8-21(39-17)27(37)34-23-22-18(19-11-32-35(4)15(19)3)10-20(25(29)30)33-28(22)40-24(23)26(31)36/h5-11,25H,12H2,1-4H3,(H2,31,36)(H,34,37). The summed E-state index contributed by atoms with van der Waals surface area (Å²) in [6.45, 7) is 5.86. The van der Waals surface area contributed by atoms with E-state index >= 15 is 0 Å². The van der Waals surface area contributed by atoms with Crippen LogP contribution in [0.2, 0.25) is 0 Å². The Morgan fingerprint density at radius 1 is 1.12 bits per heavy atom. The molecular formula is C28H25F2N5O4S. The molecule has 5 aromatic rings. The van der Waals surface area contributed by atoms with Gasteiger partial charge in [0.15, 0.2) is 5.76 Å². The van der Waals surface area contributed by atoms with Gasteiger partial charge in [-0.15, -0.1) is 11.3 Å². The smallest absolute Gasteiger partial charge is 0.291 e. The van der Waals surface area contributed by atoms with Crippen LogP contribution in [0.15, 0.2) is 47.0 Å². The Balaban J connectivity index is 1.50. The Morgan fingerprint density at radius 3 is 2.55 bits per heavy atom. The Kier molecular flexibility index (Phi) is 7.11. The van der Waals surface area contributed by atoms with Crippen LogP contribution < -0.4 is 15.8 Å². The first-order valence-corrected chi connectivity index (χ1v) is 13.0. The quantitative estimate of drug-likeness (QED) is 0.235. The second-order valence-electron chi connectivity index (χ2n) is 9.27. The number of thiophene rings is 1. The van der Waals surface area contributed by atoms with Crippen LogP contribution in [0, 0.1) is 20.8 Å². The molecule has 0 unspecified atom stereocenters. The number of rotatable bonds is 8. The highest BCUT2D eigenvalue weighted by molar-refractivity contribution is 7.21. The lowest BCUT2D eigenvalue weighted by Crippen LogP contribution is -2.16. The molecule has 0 aliphatic rings. The molecule has 0 bridgehead atoms. The predicted molar refractivity (Wildman–Crippen MR) is 147 cm³/mol. The average molecular weight is 566 g/mol. The van der Waals surface area contributed by atoms with Crippen molar-refractivity contribution in [2.24, 2.45) is 12.8 Å². The molecule has 0 aliphatic heterocycles. The lowest BCUT2D eigenvalue weighted by atomic mass is 10.0. The molecule has 0 saturated heterocycles. The molecular weight excluding hydrogens is 540 g/mol. The predicted octanol–water partition coefficient (Wildman–Crippen LogP) is 6.08. The second-order valence-corrected chi connectivity index (χ2v) is 10.3. The van der Waals surface area contributed by atoms with Gasteiger partial charge in [0, 0.05) is 23.7 Å². The number of nitrogens with two attached hydrogens (primary N) is 1. The maximum atomic E-state index is 13.7. The van der Waals surface area contributed by atoms with Gasteiger partial charge >= 0.3 is 0 Å². The summed E-state index contributed by atoms with van der Waals surface area (Å²) in [6.07, 6.45) is -1.33. The molecule has 0 atom stereocenters. The second kappa shape index (κ2) is 10.5. The molecule has 9 nitrogen and oxygen atoms in total. The minimum atomic E-state index is -2.86. The number of nitrogens with zero attached hydrogens (tertiary/aromatic N) is 3. The van der Waals surface area contributed by atoms with Crippen molar-refractivity contribution >= 4 is 39.1 Å². The summed E-state index contributed by atoms with van der Waals surface area (Å²) < 4.78 is 40.5. The van der Waals surface area contributed by atoms with E-state index in [0.717, 1.165) is 22.5 Å². The molecule has 0 aliphatic carbocycles. The van der Waals surface area contributed by atoms with Gasteiger partial charge in [0.05, 0.1) is 11.9 Å². The fourth-order valence-electron chi connectivity index (χ4n) is 4.21. The number of benzene rings is 1. The van der Waals surface area contributed by atoms with Crippen molar-refractivity contribution in [3.63, 3.8) is 0 Å². The van der Waals surface area contributed by atoms with Gasteiger partial charge in [-0.05, 0) is 67.8 Å². The average Bonchev–Trinajstić information content (AvgIpc) is 3.62. The lowest BCUT2D eigenvalue weighted by molar-refractivity contribution is 0.0992. The van der Waals surface area contributed by atoms with Crippen LogP contribution in [0.25, 0.3) is 21.3 Å². The molecule has 4 heterocycles. The molecule has 0 saturated carbocycles. The molecule has 206 valence electrons. The zero-order valence-corrected chi connectivity index (χ0v) is 22.9. The van der Waals surface area contributed by atoms with E-state index in [-0.39, 0.29) is 27.8 Å². The number of furan rings is 1. The molecule has 0 spiro atoms. The summed E-state index contributed by atoms with van der Waals surface area (Å²) in [5.41, 5.74) is 9.01. The molecule has 0 radical (unpaired) electrons. The van der Waals surface area contributed by atoms with E-state index < -0.39 is 23.9 Å². The highest BCUT2D eigenvalue weighted by atomic mass is 32.1. The number of carbonyl (C=O) groups is 2. The number of halogens is 2. The molecule has 1 aromatic carbocycles. The van der Waals surface area contributed by atoms with Gasteiger partial charge in [-0.25, -0.2) is 13.8 Å². The van der Waals surface area contributed by atoms with E-state index in [4.69, 9.17) is 14.9 Å². The Labute approximate surface area is 231 Å². The fraction of sp³-hybridized carbons (Fsp3) is 0.214. The third-order valence-electron chi connectivity index (χ3n) is 6.64. The number of pyridine rings is 1. The van der Waals surface area contributed by atoms with Crippen LogP contribution >= 0.6 is 11.3 Å². The minimum Gasteiger partial charge on any atom is -0.486 e. The first-order chi connectivity index (χ1) is 19.0. The number of carbonyl (C=O) groups excluding carboxylic acids is 2. The highest BCUT2D eigenvalue weighted by Gasteiger charge is 2.27. The third-order valence-corrected chi connectivity index (χ3v) is 7.74. The normalized spacial score (nSPS) is 11.4. The van der Waals surface area contributed by atoms with E-state index in [2.05, 4.69) is 15.4 Å². The van der Waals surface area contributed by atoms with Crippen LogP contribution in [-0.2, 0) is 13.7 Å². The first-order valence-electron chi connectivity index (χ1n) is 12.2. The number of hydrogen-bond donors (Lipinski definition) is 2. The molecule has 12 heteroatoms. The first kappa shape index (κ1) is 27.0. The maximum Gasteiger partial charge on any atom is 0.291 e. The molecule has 0 fully saturated rings. The van der Waals surface area contributed by atoms with Crippen molar-refractivity contribution in [3.05, 3.63) is 81.5 Å². The third kappa shape index (κ3) is 5.05. The number of amides is 2. The number of fused-ring (bicyclic) bond motifs is 1. The van der Waals surface area contributed by atoms with Crippen LogP contribution in [0.4, 0.5) is 14.5 Å². The minimum absolute atomic E-state index is 0.0325. The number of anilines is 1. The van der Waals surface area contributed by atoms with E-state index in [1.54, 1.807) is 24.7 Å². The molecule has 5 rings (SSSR count). The van der Waals surface area contributed by atoms with Gasteiger partial charge in [0.25, 0.3) is 18.2 Å². The van der Waals surface area contributed by atoms with E-state index in [0.29, 0.717) is 33.7 Å². The van der Waals surface area contributed by atoms with Crippen LogP contribution in [0.5, 0.6) is 5.75 Å². The number of alkyl halides is 2. The molecule has 4 aromatic heterocycles. The van der Waals surface area contributed by atoms with Gasteiger partial charge in [-0.3, -0.25) is 14.3 Å². The van der Waals surface area contributed by atoms with Gasteiger partial charge in [-0.2, -0.15) is 5.10 Å². The summed E-state index contributed by atoms with van der Waals surface area (Å²) in [6, 6.07) is 10.0. The number of hydrogen-bond acceptors (Lipinski definition) is 7. The lowest BCUT2D eigenvalue weighted by Gasteiger charge is -2.10. The van der Waals surface area contributed by atoms with Gasteiger partial charge in [0.2, 0.25) is 0 Å². The van der Waals surface area contributed by atoms with Gasteiger partial charge in [0.1, 0.15) is 33.5 Å². The van der Waals surface area contributed by atoms with Crippen molar-refractivity contribution < 1.29 is 27.5 Å². The van der Waals surface area contributed by atoms with E-state index in [1.165, 1.54) is 18.3 Å². The van der Waals surface area contributed by atoms with E-state index in [1.807, 2.05) is 32.0 Å². The van der Waals surface area contributed by atoms with E-state index in [9.17, 15) is 18.4 Å². The largest absolute Gasteiger partial charge is 0.486 e. The number of aromatic nitrogens is 3. The van der Waals surface area contributed by atoms with Crippen molar-refractivity contribution in [1.82, 2.24) is 14.8 Å². The SMILES string of the molecule is Cc1ccc(OCc2ccc(C(=O)Nc3c(C(N)=O)sc4nc(C(F)F)cc(-c5cnn(C)c5C)c34)o2)cc1C. The summed E-state index contributed by atoms with van der Waals surface area (Å²) in [5, 5.41) is 7.21. The topological polar surface area (TPSA) is 125 Å². The Hall–Kier alpha value is -4.58. The van der Waals surface area contributed by atoms with Crippen LogP contribution in [-0.4, -0.2) is 26.6 Å². The maximum absolute atomic E-state index is 13.7. The zero-order valence-electron chi connectivity index (χ0n) is 22.0. The van der Waals surface area contributed by atoms with Gasteiger partial charge < -0.3 is 20.2 Å². The monoisotopic (exact) mass is 565 g/mol. The fourth-order valence-corrected chi connectivity index (χ4v) is 5.22. The summed E-state index contributed by atoms with van der Waals surface area (Å²) in [5.74, 6) is -0.470. The number of ether oxygens (including phenoxy) is 1. The number of nitrogens with one attached hydrogen (secondary N) is 1. The molecule has 3 N–H and O–H groups in total. The summed E-state index contributed by atoms with van der Waals surface area (Å²) in [4.78, 5) is 29.8. The van der Waals surface area contributed by atoms with Crippen molar-refractivity contribution in [2.75, 3.05) is 5.32 Å². The molecule has 2 amide bonds. The van der Waals surface area contributed by atoms with Gasteiger partial charge in [-0.1, -0.05) is 6.07 Å². The van der Waals surface area contributed by atoms with Crippen LogP contribution in [0.1, 0.15) is 54.9 Å². The number of aryl methyl sites for hydroxylation is 3. The van der Waals surface area contributed by atoms with Crippen molar-refractivity contribution in [3.8, 4) is 16.9 Å². The van der Waals surface area contributed by atoms with Crippen LogP contribution in [0.3, 0.4) is 0 Å². The molecule has 40 heavy (non-hydrogen) atoms. The zero-order chi connectivity index (χ0) is 28.7. The Bertz CT molecular complexity index is 1770. The Morgan fingerprint density at radius 2 is 1.90 bits per heavy atom.